The van der Waals surface area contributed by atoms with E-state index in [4.69, 9.17) is 9.72 Å². The van der Waals surface area contributed by atoms with Crippen molar-refractivity contribution in [3.8, 4) is 0 Å². The summed E-state index contributed by atoms with van der Waals surface area (Å²) in [6.07, 6.45) is 8.24. The Morgan fingerprint density at radius 3 is 2.31 bits per heavy atom. The number of carbonyl (C=O) groups is 1. The van der Waals surface area contributed by atoms with E-state index in [-0.39, 0.29) is 12.4 Å². The molecule has 0 fully saturated rings. The number of methoxy groups -OCH3 is 1. The highest BCUT2D eigenvalue weighted by Gasteiger charge is 2.45. The third-order valence-corrected chi connectivity index (χ3v) is 12.4. The highest BCUT2D eigenvalue weighted by molar-refractivity contribution is 6.82. The van der Waals surface area contributed by atoms with Crippen LogP contribution < -0.4 is 0 Å². The number of rotatable bonds is 7. The average molecular weight is 373 g/mol. The standard InChI is InChI=1S/C21H32N2O2Si/c1-15(2)26(16(3)4,17(5)6)23-14-12-19-18(11-13-22-21(19)23)9-8-10-20(24)25-7/h8-9,11-17H,10H2,1-7H3/b9-8+. The Balaban J connectivity index is 2.58. The van der Waals surface area contributed by atoms with Crippen LogP contribution >= 0.6 is 0 Å². The minimum absolute atomic E-state index is 0.227. The Bertz CT molecular complexity index is 769. The third kappa shape index (κ3) is 3.50. The Labute approximate surface area is 158 Å². The van der Waals surface area contributed by atoms with Gasteiger partial charge < -0.3 is 8.97 Å². The number of ether oxygens (including phenoxy) is 1. The lowest BCUT2D eigenvalue weighted by Gasteiger charge is -2.44. The molecule has 0 amide bonds. The Hall–Kier alpha value is -1.88. The lowest BCUT2D eigenvalue weighted by Crippen LogP contribution is -2.51. The highest BCUT2D eigenvalue weighted by Crippen LogP contribution is 2.44. The number of fused-ring (bicyclic) bond motifs is 1. The quantitative estimate of drug-likeness (QED) is 0.467. The fourth-order valence-electron chi connectivity index (χ4n) is 4.72. The van der Waals surface area contributed by atoms with Crippen LogP contribution in [0, 0.1) is 0 Å². The Kier molecular flexibility index (Phi) is 6.45. The summed E-state index contributed by atoms with van der Waals surface area (Å²) >= 11 is 0. The van der Waals surface area contributed by atoms with Crippen molar-refractivity contribution in [2.24, 2.45) is 0 Å². The maximum atomic E-state index is 11.3. The van der Waals surface area contributed by atoms with Crippen LogP contribution in [-0.2, 0) is 9.53 Å². The summed E-state index contributed by atoms with van der Waals surface area (Å²) < 4.78 is 7.22. The first-order valence-corrected chi connectivity index (χ1v) is 11.6. The fourth-order valence-corrected chi connectivity index (χ4v) is 11.3. The number of esters is 1. The number of pyridine rings is 1. The van der Waals surface area contributed by atoms with E-state index in [0.717, 1.165) is 16.6 Å². The molecule has 0 saturated heterocycles. The van der Waals surface area contributed by atoms with Gasteiger partial charge in [-0.2, -0.15) is 0 Å². The van der Waals surface area contributed by atoms with E-state index in [0.29, 0.717) is 16.6 Å². The molecule has 0 aliphatic rings. The summed E-state index contributed by atoms with van der Waals surface area (Å²) in [5.41, 5.74) is 3.99. The van der Waals surface area contributed by atoms with Crippen LogP contribution in [0.4, 0.5) is 0 Å². The molecular formula is C21H32N2O2Si. The topological polar surface area (TPSA) is 44.1 Å². The lowest BCUT2D eigenvalue weighted by atomic mass is 10.1. The van der Waals surface area contributed by atoms with Gasteiger partial charge in [0.2, 0.25) is 0 Å². The molecule has 2 aromatic heterocycles. The minimum atomic E-state index is -1.84. The van der Waals surface area contributed by atoms with Gasteiger partial charge in [0.1, 0.15) is 5.65 Å². The van der Waals surface area contributed by atoms with Crippen molar-refractivity contribution >= 4 is 31.3 Å². The zero-order valence-electron chi connectivity index (χ0n) is 17.1. The third-order valence-electron chi connectivity index (χ3n) is 5.62. The zero-order valence-corrected chi connectivity index (χ0v) is 18.1. The Morgan fingerprint density at radius 2 is 1.77 bits per heavy atom. The number of aromatic nitrogens is 2. The summed E-state index contributed by atoms with van der Waals surface area (Å²) in [5.74, 6) is -0.227. The molecule has 2 heterocycles. The number of nitrogens with zero attached hydrogens (tertiary/aromatic N) is 2. The van der Waals surface area contributed by atoms with E-state index in [1.807, 2.05) is 24.4 Å². The summed E-state index contributed by atoms with van der Waals surface area (Å²) in [6.45, 7) is 14.2. The Morgan fingerprint density at radius 1 is 1.15 bits per heavy atom. The van der Waals surface area contributed by atoms with Crippen LogP contribution in [0.5, 0.6) is 0 Å². The molecule has 2 aromatic rings. The maximum Gasteiger partial charge on any atom is 0.309 e. The van der Waals surface area contributed by atoms with Gasteiger partial charge >= 0.3 is 5.97 Å². The number of hydrogen-bond donors (Lipinski definition) is 0. The molecule has 4 nitrogen and oxygen atoms in total. The minimum Gasteiger partial charge on any atom is -0.469 e. The number of carbonyl (C=O) groups excluding carboxylic acids is 1. The number of hydrogen-bond acceptors (Lipinski definition) is 3. The second-order valence-electron chi connectivity index (χ2n) is 7.86. The van der Waals surface area contributed by atoms with Crippen molar-refractivity contribution in [3.63, 3.8) is 0 Å². The lowest BCUT2D eigenvalue weighted by molar-refractivity contribution is -0.139. The molecule has 0 aliphatic carbocycles. The van der Waals surface area contributed by atoms with Crippen LogP contribution in [0.3, 0.4) is 0 Å². The van der Waals surface area contributed by atoms with Crippen LogP contribution in [0.2, 0.25) is 16.6 Å². The van der Waals surface area contributed by atoms with Crippen molar-refractivity contribution in [1.29, 1.82) is 0 Å². The van der Waals surface area contributed by atoms with Gasteiger partial charge in [-0.3, -0.25) is 4.79 Å². The van der Waals surface area contributed by atoms with Gasteiger partial charge in [0.25, 0.3) is 0 Å². The molecular weight excluding hydrogens is 340 g/mol. The molecule has 142 valence electrons. The average Bonchev–Trinajstić information content (AvgIpc) is 2.99. The molecule has 0 unspecified atom stereocenters. The predicted molar refractivity (Wildman–Crippen MR) is 112 cm³/mol. The SMILES string of the molecule is COC(=O)C/C=C/c1ccnc2c1ccn2[Si](C(C)C)(C(C)C)C(C)C. The normalized spacial score (nSPS) is 12.8. The van der Waals surface area contributed by atoms with E-state index in [2.05, 4.69) is 58.0 Å². The van der Waals surface area contributed by atoms with Crippen LogP contribution in [0.1, 0.15) is 53.5 Å². The maximum absolute atomic E-state index is 11.3. The van der Waals surface area contributed by atoms with Crippen LogP contribution in [0.25, 0.3) is 17.1 Å². The molecule has 0 aromatic carbocycles. The predicted octanol–water partition coefficient (Wildman–Crippen LogP) is 5.64. The summed E-state index contributed by atoms with van der Waals surface area (Å²) in [5, 5.41) is 1.15. The molecule has 5 heteroatoms. The molecule has 0 spiro atoms. The molecule has 0 aliphatic heterocycles. The molecule has 0 atom stereocenters. The molecule has 0 bridgehead atoms. The molecule has 26 heavy (non-hydrogen) atoms. The fraction of sp³-hybridized carbons (Fsp3) is 0.524. The van der Waals surface area contributed by atoms with Gasteiger partial charge in [-0.15, -0.1) is 0 Å². The van der Waals surface area contributed by atoms with Crippen molar-refractivity contribution in [2.75, 3.05) is 7.11 Å². The summed E-state index contributed by atoms with van der Waals surface area (Å²) in [7, 11) is -0.426. The van der Waals surface area contributed by atoms with Gasteiger partial charge in [-0.1, -0.05) is 53.7 Å². The molecule has 0 radical (unpaired) electrons. The van der Waals surface area contributed by atoms with Crippen LogP contribution in [-0.4, -0.2) is 30.5 Å². The van der Waals surface area contributed by atoms with Crippen molar-refractivity contribution in [1.82, 2.24) is 9.22 Å². The van der Waals surface area contributed by atoms with E-state index >= 15 is 0 Å². The highest BCUT2D eigenvalue weighted by atomic mass is 28.3. The second-order valence-corrected chi connectivity index (χ2v) is 13.6. The van der Waals surface area contributed by atoms with Gasteiger partial charge in [0.05, 0.1) is 13.5 Å². The molecule has 2 rings (SSSR count). The first-order valence-electron chi connectivity index (χ1n) is 9.46. The van der Waals surface area contributed by atoms with Gasteiger partial charge in [0.15, 0.2) is 8.24 Å². The molecule has 0 saturated carbocycles. The summed E-state index contributed by atoms with van der Waals surface area (Å²) in [4.78, 5) is 16.1. The van der Waals surface area contributed by atoms with E-state index in [9.17, 15) is 4.79 Å². The van der Waals surface area contributed by atoms with Gasteiger partial charge in [0, 0.05) is 11.6 Å². The first kappa shape index (κ1) is 20.4. The second kappa shape index (κ2) is 8.21. The van der Waals surface area contributed by atoms with Crippen molar-refractivity contribution in [2.45, 2.75) is 64.6 Å². The summed E-state index contributed by atoms with van der Waals surface area (Å²) in [6, 6.07) is 4.18. The smallest absolute Gasteiger partial charge is 0.309 e. The van der Waals surface area contributed by atoms with Crippen molar-refractivity contribution < 1.29 is 9.53 Å². The van der Waals surface area contributed by atoms with E-state index in [1.54, 1.807) is 0 Å². The first-order chi connectivity index (χ1) is 12.3. The van der Waals surface area contributed by atoms with E-state index < -0.39 is 8.24 Å². The van der Waals surface area contributed by atoms with Crippen LogP contribution in [0.15, 0.2) is 30.6 Å². The van der Waals surface area contributed by atoms with E-state index in [1.165, 1.54) is 7.11 Å². The monoisotopic (exact) mass is 372 g/mol. The largest absolute Gasteiger partial charge is 0.469 e. The van der Waals surface area contributed by atoms with Crippen molar-refractivity contribution in [3.05, 3.63) is 36.2 Å². The zero-order chi connectivity index (χ0) is 19.5. The van der Waals surface area contributed by atoms with Gasteiger partial charge in [-0.05, 0) is 40.5 Å². The van der Waals surface area contributed by atoms with Gasteiger partial charge in [-0.25, -0.2) is 4.98 Å². The molecule has 0 N–H and O–H groups in total.